The third kappa shape index (κ3) is 2.52. The quantitative estimate of drug-likeness (QED) is 0.584. The fourth-order valence-electron chi connectivity index (χ4n) is 0.649. The Balaban J connectivity index is 2.15. The van der Waals surface area contributed by atoms with E-state index in [-0.39, 0.29) is 6.03 Å². The Morgan fingerprint density at radius 3 is 3.08 bits per heavy atom. The van der Waals surface area contributed by atoms with Gasteiger partial charge in [0.25, 0.3) is 0 Å². The van der Waals surface area contributed by atoms with Gasteiger partial charge in [-0.1, -0.05) is 0 Å². The van der Waals surface area contributed by atoms with Gasteiger partial charge in [0.2, 0.25) is 0 Å². The first-order valence-corrected chi connectivity index (χ1v) is 3.49. The molecule has 66 valence electrons. The van der Waals surface area contributed by atoms with Gasteiger partial charge in [-0.15, -0.1) is 10.2 Å². The van der Waals surface area contributed by atoms with E-state index in [0.29, 0.717) is 13.1 Å². The maximum Gasteiger partial charge on any atom is 0.314 e. The summed E-state index contributed by atoms with van der Waals surface area (Å²) in [7, 11) is 1.56. The fraction of sp³-hybridized carbons (Fsp3) is 0.600. The van der Waals surface area contributed by atoms with Gasteiger partial charge in [0, 0.05) is 13.6 Å². The van der Waals surface area contributed by atoms with Crippen LogP contribution in [0, 0.1) is 0 Å². The summed E-state index contributed by atoms with van der Waals surface area (Å²) in [6, 6.07) is -0.213. The standard InChI is InChI=1S/C5H10N6O/c1-6-5(12)7-2-3-11-9-4-8-10-11/h4H,2-3H2,1H3,(H2,6,7,12). The summed E-state index contributed by atoms with van der Waals surface area (Å²) in [6.07, 6.45) is 1.35. The highest BCUT2D eigenvalue weighted by atomic mass is 16.2. The van der Waals surface area contributed by atoms with Gasteiger partial charge in [-0.3, -0.25) is 0 Å². The molecule has 1 aromatic rings. The predicted octanol–water partition coefficient (Wildman–Crippen LogP) is -1.40. The summed E-state index contributed by atoms with van der Waals surface area (Å²) >= 11 is 0. The highest BCUT2D eigenvalue weighted by molar-refractivity contribution is 5.73. The summed E-state index contributed by atoms with van der Waals surface area (Å²) in [5, 5.41) is 15.9. The molecule has 1 aromatic heterocycles. The minimum atomic E-state index is -0.213. The van der Waals surface area contributed by atoms with Crippen molar-refractivity contribution in [1.82, 2.24) is 30.8 Å². The number of hydrogen-bond acceptors (Lipinski definition) is 4. The van der Waals surface area contributed by atoms with Crippen LogP contribution in [0.15, 0.2) is 6.33 Å². The van der Waals surface area contributed by atoms with Crippen LogP contribution in [0.3, 0.4) is 0 Å². The van der Waals surface area contributed by atoms with Crippen molar-refractivity contribution in [3.8, 4) is 0 Å². The Kier molecular flexibility index (Phi) is 3.00. The Labute approximate surface area is 69.1 Å². The summed E-state index contributed by atoms with van der Waals surface area (Å²) in [5.74, 6) is 0. The van der Waals surface area contributed by atoms with Crippen molar-refractivity contribution in [2.75, 3.05) is 13.6 Å². The molecular formula is C5H10N6O. The van der Waals surface area contributed by atoms with Crippen LogP contribution in [0.1, 0.15) is 0 Å². The van der Waals surface area contributed by atoms with Crippen molar-refractivity contribution < 1.29 is 4.79 Å². The molecule has 0 saturated heterocycles. The molecule has 2 N–H and O–H groups in total. The third-order valence-corrected chi connectivity index (χ3v) is 1.22. The van der Waals surface area contributed by atoms with E-state index >= 15 is 0 Å². The SMILES string of the molecule is CNC(=O)NCCn1ncnn1. The molecule has 0 aliphatic carbocycles. The number of nitrogens with one attached hydrogen (secondary N) is 2. The van der Waals surface area contributed by atoms with E-state index in [4.69, 9.17) is 0 Å². The largest absolute Gasteiger partial charge is 0.341 e. The van der Waals surface area contributed by atoms with Gasteiger partial charge < -0.3 is 10.6 Å². The molecule has 0 bridgehead atoms. The van der Waals surface area contributed by atoms with Gasteiger partial charge in [-0.2, -0.15) is 4.80 Å². The fourth-order valence-corrected chi connectivity index (χ4v) is 0.649. The highest BCUT2D eigenvalue weighted by Crippen LogP contribution is 1.72. The maximum absolute atomic E-state index is 10.7. The molecule has 0 aliphatic heterocycles. The molecule has 7 nitrogen and oxygen atoms in total. The molecule has 0 saturated carbocycles. The van der Waals surface area contributed by atoms with E-state index in [2.05, 4.69) is 26.0 Å². The molecule has 0 unspecified atom stereocenters. The lowest BCUT2D eigenvalue weighted by molar-refractivity contribution is 0.242. The van der Waals surface area contributed by atoms with E-state index in [9.17, 15) is 4.79 Å². The predicted molar refractivity (Wildman–Crippen MR) is 40.3 cm³/mol. The first-order chi connectivity index (χ1) is 5.83. The number of urea groups is 1. The van der Waals surface area contributed by atoms with Gasteiger partial charge in [0.15, 0.2) is 6.33 Å². The molecule has 0 fully saturated rings. The number of tetrazole rings is 1. The molecule has 1 heterocycles. The van der Waals surface area contributed by atoms with Crippen LogP contribution < -0.4 is 10.6 Å². The van der Waals surface area contributed by atoms with E-state index < -0.39 is 0 Å². The lowest BCUT2D eigenvalue weighted by atomic mass is 10.6. The first kappa shape index (κ1) is 8.44. The van der Waals surface area contributed by atoms with Gasteiger partial charge in [0.05, 0.1) is 6.54 Å². The molecule has 2 amide bonds. The Morgan fingerprint density at radius 2 is 2.50 bits per heavy atom. The summed E-state index contributed by atoms with van der Waals surface area (Å²) in [4.78, 5) is 12.1. The molecule has 0 aromatic carbocycles. The molecule has 0 radical (unpaired) electrons. The zero-order valence-corrected chi connectivity index (χ0v) is 6.69. The summed E-state index contributed by atoms with van der Waals surface area (Å²) in [5.41, 5.74) is 0. The number of nitrogens with zero attached hydrogens (tertiary/aromatic N) is 4. The average molecular weight is 170 g/mol. The number of rotatable bonds is 3. The van der Waals surface area contributed by atoms with Crippen LogP contribution in [0.2, 0.25) is 0 Å². The lowest BCUT2D eigenvalue weighted by Gasteiger charge is -2.01. The average Bonchev–Trinajstić information content (AvgIpc) is 2.57. The number of carbonyl (C=O) groups excluding carboxylic acids is 1. The zero-order chi connectivity index (χ0) is 8.81. The molecule has 0 aliphatic rings. The van der Waals surface area contributed by atoms with E-state index in [0.717, 1.165) is 0 Å². The number of amides is 2. The number of carbonyl (C=O) groups is 1. The topological polar surface area (TPSA) is 84.7 Å². The Hall–Kier alpha value is -1.66. The Morgan fingerprint density at radius 1 is 1.67 bits per heavy atom. The van der Waals surface area contributed by atoms with E-state index in [1.807, 2.05) is 0 Å². The van der Waals surface area contributed by atoms with Crippen LogP contribution in [0.5, 0.6) is 0 Å². The van der Waals surface area contributed by atoms with Crippen LogP contribution in [0.25, 0.3) is 0 Å². The van der Waals surface area contributed by atoms with Crippen molar-refractivity contribution in [1.29, 1.82) is 0 Å². The second kappa shape index (κ2) is 4.27. The van der Waals surface area contributed by atoms with Crippen molar-refractivity contribution >= 4 is 6.03 Å². The van der Waals surface area contributed by atoms with E-state index in [1.54, 1.807) is 7.05 Å². The Bertz CT molecular complexity index is 232. The summed E-state index contributed by atoms with van der Waals surface area (Å²) in [6.45, 7) is 1.00. The molecule has 1 rings (SSSR count). The zero-order valence-electron chi connectivity index (χ0n) is 6.69. The van der Waals surface area contributed by atoms with Gasteiger partial charge >= 0.3 is 6.03 Å². The van der Waals surface area contributed by atoms with Crippen LogP contribution in [-0.2, 0) is 6.54 Å². The van der Waals surface area contributed by atoms with Crippen molar-refractivity contribution in [2.24, 2.45) is 0 Å². The lowest BCUT2D eigenvalue weighted by Crippen LogP contribution is -2.35. The minimum absolute atomic E-state index is 0.213. The minimum Gasteiger partial charge on any atom is -0.341 e. The van der Waals surface area contributed by atoms with Crippen LogP contribution >= 0.6 is 0 Å². The second-order valence-electron chi connectivity index (χ2n) is 2.04. The normalized spacial score (nSPS) is 9.42. The monoisotopic (exact) mass is 170 g/mol. The molecule has 0 atom stereocenters. The molecule has 12 heavy (non-hydrogen) atoms. The first-order valence-electron chi connectivity index (χ1n) is 3.49. The maximum atomic E-state index is 10.7. The molecular weight excluding hydrogens is 160 g/mol. The van der Waals surface area contributed by atoms with Gasteiger partial charge in [0.1, 0.15) is 0 Å². The van der Waals surface area contributed by atoms with Gasteiger partial charge in [-0.25, -0.2) is 4.79 Å². The van der Waals surface area contributed by atoms with Gasteiger partial charge in [-0.05, 0) is 5.21 Å². The number of aromatic nitrogens is 4. The third-order valence-electron chi connectivity index (χ3n) is 1.22. The van der Waals surface area contributed by atoms with Crippen molar-refractivity contribution in [2.45, 2.75) is 6.54 Å². The highest BCUT2D eigenvalue weighted by Gasteiger charge is 1.95. The number of hydrogen-bond donors (Lipinski definition) is 2. The van der Waals surface area contributed by atoms with E-state index in [1.165, 1.54) is 11.1 Å². The van der Waals surface area contributed by atoms with Crippen LogP contribution in [0.4, 0.5) is 4.79 Å². The van der Waals surface area contributed by atoms with Crippen LogP contribution in [-0.4, -0.2) is 39.8 Å². The summed E-state index contributed by atoms with van der Waals surface area (Å²) < 4.78 is 0. The molecule has 0 spiro atoms. The second-order valence-corrected chi connectivity index (χ2v) is 2.04. The van der Waals surface area contributed by atoms with Crippen molar-refractivity contribution in [3.63, 3.8) is 0 Å². The molecule has 7 heteroatoms. The van der Waals surface area contributed by atoms with Crippen molar-refractivity contribution in [3.05, 3.63) is 6.33 Å². The smallest absolute Gasteiger partial charge is 0.314 e.